The summed E-state index contributed by atoms with van der Waals surface area (Å²) < 4.78 is 1.37. The molecular formula is C18H17BrS. The van der Waals surface area contributed by atoms with E-state index in [2.05, 4.69) is 82.8 Å². The van der Waals surface area contributed by atoms with Crippen molar-refractivity contribution in [2.45, 2.75) is 24.1 Å². The average Bonchev–Trinajstić information content (AvgIpc) is 2.93. The third-order valence-electron chi connectivity index (χ3n) is 3.83. The summed E-state index contributed by atoms with van der Waals surface area (Å²) in [6.07, 6.45) is 1.13. The Morgan fingerprint density at radius 2 is 1.70 bits per heavy atom. The molecule has 102 valence electrons. The highest BCUT2D eigenvalue weighted by Crippen LogP contribution is 2.44. The lowest BCUT2D eigenvalue weighted by Crippen LogP contribution is -2.04. The van der Waals surface area contributed by atoms with Crippen molar-refractivity contribution in [2.24, 2.45) is 0 Å². The molecule has 0 saturated carbocycles. The molecule has 0 amide bonds. The minimum absolute atomic E-state index is 0.367. The Kier molecular flexibility index (Phi) is 4.23. The maximum absolute atomic E-state index is 3.96. The van der Waals surface area contributed by atoms with Crippen molar-refractivity contribution in [2.75, 3.05) is 0 Å². The first-order valence-electron chi connectivity index (χ1n) is 6.96. The molecule has 2 atom stereocenters. The van der Waals surface area contributed by atoms with Crippen LogP contribution in [0.5, 0.6) is 0 Å². The lowest BCUT2D eigenvalue weighted by molar-refractivity contribution is 0.658. The van der Waals surface area contributed by atoms with Crippen LogP contribution in [0.1, 0.15) is 35.2 Å². The van der Waals surface area contributed by atoms with Crippen LogP contribution in [0.4, 0.5) is 0 Å². The molecule has 3 rings (SSSR count). The molecule has 0 fully saturated rings. The van der Waals surface area contributed by atoms with Gasteiger partial charge >= 0.3 is 0 Å². The van der Waals surface area contributed by atoms with Crippen LogP contribution in [-0.2, 0) is 0 Å². The van der Waals surface area contributed by atoms with E-state index in [-0.39, 0.29) is 0 Å². The highest BCUT2D eigenvalue weighted by molar-refractivity contribution is 9.09. The van der Waals surface area contributed by atoms with Crippen LogP contribution in [-0.4, -0.2) is 0 Å². The molecule has 2 unspecified atom stereocenters. The number of hydrogen-bond acceptors (Lipinski definition) is 1. The van der Waals surface area contributed by atoms with Gasteiger partial charge in [0.25, 0.3) is 0 Å². The van der Waals surface area contributed by atoms with Crippen molar-refractivity contribution in [3.05, 3.63) is 71.1 Å². The Balaban J connectivity index is 2.00. The highest BCUT2D eigenvalue weighted by Gasteiger charge is 2.23. The van der Waals surface area contributed by atoms with Gasteiger partial charge in [-0.1, -0.05) is 71.4 Å². The molecule has 0 bridgehead atoms. The zero-order valence-corrected chi connectivity index (χ0v) is 13.8. The van der Waals surface area contributed by atoms with Crippen LogP contribution in [0, 0.1) is 0 Å². The second-order valence-corrected chi connectivity index (χ2v) is 6.91. The van der Waals surface area contributed by atoms with Gasteiger partial charge < -0.3 is 0 Å². The fraction of sp³-hybridized carbons (Fsp3) is 0.222. The number of benzene rings is 2. The number of halogens is 1. The third-order valence-corrected chi connectivity index (χ3v) is 5.94. The molecule has 1 aromatic heterocycles. The van der Waals surface area contributed by atoms with E-state index in [0.717, 1.165) is 6.42 Å². The lowest BCUT2D eigenvalue weighted by atomic mass is 9.89. The summed E-state index contributed by atoms with van der Waals surface area (Å²) >= 11 is 5.79. The summed E-state index contributed by atoms with van der Waals surface area (Å²) in [5.41, 5.74) is 2.83. The van der Waals surface area contributed by atoms with Crippen molar-refractivity contribution in [3.8, 4) is 0 Å². The van der Waals surface area contributed by atoms with Crippen LogP contribution in [0.2, 0.25) is 0 Å². The molecule has 0 aliphatic heterocycles. The van der Waals surface area contributed by atoms with Gasteiger partial charge in [-0.3, -0.25) is 0 Å². The van der Waals surface area contributed by atoms with Gasteiger partial charge in [0.15, 0.2) is 0 Å². The van der Waals surface area contributed by atoms with Crippen molar-refractivity contribution in [1.29, 1.82) is 0 Å². The summed E-state index contributed by atoms with van der Waals surface area (Å²) in [4.78, 5) is 0.367. The molecule has 0 saturated heterocycles. The van der Waals surface area contributed by atoms with Gasteiger partial charge in [0.2, 0.25) is 0 Å². The number of alkyl halides is 1. The number of thiophene rings is 1. The monoisotopic (exact) mass is 344 g/mol. The van der Waals surface area contributed by atoms with Crippen LogP contribution in [0.3, 0.4) is 0 Å². The molecule has 2 aromatic carbocycles. The van der Waals surface area contributed by atoms with E-state index in [9.17, 15) is 0 Å². The maximum Gasteiger partial charge on any atom is 0.0478 e. The molecule has 0 nitrogen and oxygen atoms in total. The second kappa shape index (κ2) is 6.11. The molecule has 20 heavy (non-hydrogen) atoms. The van der Waals surface area contributed by atoms with Gasteiger partial charge in [-0.15, -0.1) is 11.3 Å². The number of hydrogen-bond donors (Lipinski definition) is 0. The first kappa shape index (κ1) is 13.8. The molecular weight excluding hydrogens is 328 g/mol. The van der Waals surface area contributed by atoms with Gasteiger partial charge in [0.1, 0.15) is 0 Å². The van der Waals surface area contributed by atoms with Crippen molar-refractivity contribution >= 4 is 37.4 Å². The van der Waals surface area contributed by atoms with Crippen molar-refractivity contribution in [3.63, 3.8) is 0 Å². The minimum Gasteiger partial charge on any atom is -0.143 e. The lowest BCUT2D eigenvalue weighted by Gasteiger charge is -2.21. The quantitative estimate of drug-likeness (QED) is 0.472. The largest absolute Gasteiger partial charge is 0.143 e. The van der Waals surface area contributed by atoms with Gasteiger partial charge in [0, 0.05) is 15.4 Å². The predicted molar refractivity (Wildman–Crippen MR) is 93.0 cm³/mol. The molecule has 0 radical (unpaired) electrons. The third kappa shape index (κ3) is 2.55. The Labute approximate surface area is 132 Å². The Morgan fingerprint density at radius 1 is 1.00 bits per heavy atom. The first-order chi connectivity index (χ1) is 9.81. The Bertz CT molecular complexity index is 687. The second-order valence-electron chi connectivity index (χ2n) is 5.01. The Morgan fingerprint density at radius 3 is 2.45 bits per heavy atom. The molecule has 0 N–H and O–H groups in total. The SMILES string of the molecule is CCC(c1ccccc1)C(Br)c1csc2ccccc12. The van der Waals surface area contributed by atoms with Crippen molar-refractivity contribution < 1.29 is 0 Å². The van der Waals surface area contributed by atoms with Crippen LogP contribution >= 0.6 is 27.3 Å². The van der Waals surface area contributed by atoms with E-state index >= 15 is 0 Å². The minimum atomic E-state index is 0.367. The molecule has 0 aliphatic rings. The summed E-state index contributed by atoms with van der Waals surface area (Å²) in [5, 5.41) is 3.68. The summed E-state index contributed by atoms with van der Waals surface area (Å²) in [5.74, 6) is 0.509. The van der Waals surface area contributed by atoms with E-state index in [0.29, 0.717) is 10.7 Å². The zero-order chi connectivity index (χ0) is 13.9. The smallest absolute Gasteiger partial charge is 0.0478 e. The fourth-order valence-corrected chi connectivity index (χ4v) is 4.97. The summed E-state index contributed by atoms with van der Waals surface area (Å²) in [6.45, 7) is 2.26. The number of rotatable bonds is 4. The standard InChI is InChI=1S/C18H17BrS/c1-2-14(13-8-4-3-5-9-13)18(19)16-12-20-17-11-7-6-10-15(16)17/h3-12,14,18H,2H2,1H3. The predicted octanol–water partition coefficient (Wildman–Crippen LogP) is 6.53. The number of fused-ring (bicyclic) bond motifs is 1. The Hall–Kier alpha value is -1.12. The van der Waals surface area contributed by atoms with E-state index in [1.807, 2.05) is 11.3 Å². The summed E-state index contributed by atoms with van der Waals surface area (Å²) in [7, 11) is 0. The normalized spacial score (nSPS) is 14.3. The molecule has 3 aromatic rings. The van der Waals surface area contributed by atoms with Crippen molar-refractivity contribution in [1.82, 2.24) is 0 Å². The van der Waals surface area contributed by atoms with E-state index in [1.54, 1.807) is 0 Å². The molecule has 0 spiro atoms. The van der Waals surface area contributed by atoms with Crippen LogP contribution in [0.25, 0.3) is 10.1 Å². The van der Waals surface area contributed by atoms with Gasteiger partial charge in [-0.2, -0.15) is 0 Å². The maximum atomic E-state index is 3.96. The van der Waals surface area contributed by atoms with E-state index < -0.39 is 0 Å². The fourth-order valence-electron chi connectivity index (χ4n) is 2.74. The van der Waals surface area contributed by atoms with E-state index in [1.165, 1.54) is 21.2 Å². The highest BCUT2D eigenvalue weighted by atomic mass is 79.9. The topological polar surface area (TPSA) is 0 Å². The summed E-state index contributed by atoms with van der Waals surface area (Å²) in [6, 6.07) is 19.5. The molecule has 1 heterocycles. The van der Waals surface area contributed by atoms with E-state index in [4.69, 9.17) is 0 Å². The molecule has 0 aliphatic carbocycles. The average molecular weight is 345 g/mol. The van der Waals surface area contributed by atoms with Gasteiger partial charge in [0.05, 0.1) is 0 Å². The first-order valence-corrected chi connectivity index (χ1v) is 8.76. The zero-order valence-electron chi connectivity index (χ0n) is 11.4. The van der Waals surface area contributed by atoms with Crippen LogP contribution in [0.15, 0.2) is 60.0 Å². The van der Waals surface area contributed by atoms with Gasteiger partial charge in [-0.25, -0.2) is 0 Å². The molecule has 2 heteroatoms. The van der Waals surface area contributed by atoms with Gasteiger partial charge in [-0.05, 0) is 34.4 Å². The van der Waals surface area contributed by atoms with Crippen LogP contribution < -0.4 is 0 Å².